The molecule has 0 heterocycles. The summed E-state index contributed by atoms with van der Waals surface area (Å²) in [7, 11) is 0. The van der Waals surface area contributed by atoms with Crippen LogP contribution in [0.1, 0.15) is 27.7 Å². The number of Topliss-reactive ketones (excluding diaryl/α,β-unsaturated/α-hetero) is 2. The first-order valence-corrected chi connectivity index (χ1v) is 4.73. The lowest BCUT2D eigenvalue weighted by Crippen LogP contribution is -2.18. The smallest absolute Gasteiger partial charge is 0.185 e. The molecule has 8 nitrogen and oxygen atoms in total. The van der Waals surface area contributed by atoms with Gasteiger partial charge in [-0.1, -0.05) is 0 Å². The van der Waals surface area contributed by atoms with Crippen molar-refractivity contribution in [3.05, 3.63) is 48.7 Å². The molecule has 0 aromatic rings. The maximum atomic E-state index is 11.4. The lowest BCUT2D eigenvalue weighted by molar-refractivity contribution is -0.116. The predicted molar refractivity (Wildman–Crippen MR) is 66.3 cm³/mol. The zero-order valence-corrected chi connectivity index (χ0v) is 10.6. The van der Waals surface area contributed by atoms with Crippen molar-refractivity contribution in [1.29, 1.82) is 5.53 Å². The highest BCUT2D eigenvalue weighted by Crippen LogP contribution is 2.23. The Morgan fingerprint density at radius 3 is 1.00 bits per heavy atom. The Kier molecular flexibility index (Phi) is 8.49. The van der Waals surface area contributed by atoms with E-state index in [4.69, 9.17) is 22.1 Å². The minimum absolute atomic E-state index is 0.00426. The van der Waals surface area contributed by atoms with E-state index < -0.39 is 0 Å². The zero-order valence-electron chi connectivity index (χ0n) is 10.6. The molecule has 1 aliphatic rings. The largest absolute Gasteiger partial charge is 0.373 e. The third-order valence-corrected chi connectivity index (χ3v) is 2.49. The lowest BCUT2D eigenvalue weighted by atomic mass is 9.87. The van der Waals surface area contributed by atoms with Gasteiger partial charge in [0.1, 0.15) is 0 Å². The molecule has 0 aromatic carbocycles. The quantitative estimate of drug-likeness (QED) is 0.302. The SMILES string of the molecule is CC1=C(C)C(=O)C(C)=C(C)C1=O.[N-]=[N+]=N.[N-]=[N+]=[N-]. The molecule has 0 radical (unpaired) electrons. The van der Waals surface area contributed by atoms with Crippen molar-refractivity contribution in [3.8, 4) is 0 Å². The molecule has 1 rings (SSSR count). The van der Waals surface area contributed by atoms with Gasteiger partial charge in [0.25, 0.3) is 0 Å². The summed E-state index contributed by atoms with van der Waals surface area (Å²) in [4.78, 5) is 26.1. The Morgan fingerprint density at radius 1 is 0.778 bits per heavy atom. The van der Waals surface area contributed by atoms with Crippen LogP contribution in [-0.4, -0.2) is 11.6 Å². The second kappa shape index (κ2) is 8.58. The number of rotatable bonds is 0. The Bertz CT molecular complexity index is 414. The molecule has 0 aliphatic heterocycles. The average molecular weight is 249 g/mol. The summed E-state index contributed by atoms with van der Waals surface area (Å²) >= 11 is 0. The summed E-state index contributed by atoms with van der Waals surface area (Å²) in [5.41, 5.74) is 28.1. The first-order valence-electron chi connectivity index (χ1n) is 4.73. The first-order chi connectivity index (χ1) is 8.29. The van der Waals surface area contributed by atoms with Crippen molar-refractivity contribution in [2.75, 3.05) is 0 Å². The summed E-state index contributed by atoms with van der Waals surface area (Å²) in [6.45, 7) is 6.80. The molecule has 1 aliphatic carbocycles. The minimum atomic E-state index is 0.00426. The van der Waals surface area contributed by atoms with Crippen LogP contribution < -0.4 is 0 Å². The van der Waals surface area contributed by atoms with Crippen molar-refractivity contribution in [1.82, 2.24) is 0 Å². The van der Waals surface area contributed by atoms with Crippen LogP contribution >= 0.6 is 0 Å². The maximum Gasteiger partial charge on any atom is 0.185 e. The number of allylic oxidation sites excluding steroid dienone is 4. The second-order valence-electron chi connectivity index (χ2n) is 3.35. The van der Waals surface area contributed by atoms with Gasteiger partial charge >= 0.3 is 0 Å². The van der Waals surface area contributed by atoms with E-state index in [2.05, 4.69) is 0 Å². The zero-order chi connectivity index (χ0) is 14.9. The summed E-state index contributed by atoms with van der Waals surface area (Å²) in [6.07, 6.45) is 0. The molecule has 96 valence electrons. The number of hydrogen-bond donors (Lipinski definition) is 1. The summed E-state index contributed by atoms with van der Waals surface area (Å²) in [6, 6.07) is 0. The average Bonchev–Trinajstić information content (AvgIpc) is 2.34. The molecule has 0 amide bonds. The van der Waals surface area contributed by atoms with Crippen molar-refractivity contribution in [3.63, 3.8) is 0 Å². The minimum Gasteiger partial charge on any atom is -0.373 e. The number of hydrogen-bond acceptors (Lipinski definition) is 3. The maximum absolute atomic E-state index is 11.4. The summed E-state index contributed by atoms with van der Waals surface area (Å²) in [5.74, 6) is 0.00852. The topological polar surface area (TPSA) is 153 Å². The van der Waals surface area contributed by atoms with Crippen LogP contribution in [0.4, 0.5) is 0 Å². The Morgan fingerprint density at radius 2 is 0.889 bits per heavy atom. The van der Waals surface area contributed by atoms with E-state index in [0.29, 0.717) is 22.3 Å². The van der Waals surface area contributed by atoms with E-state index >= 15 is 0 Å². The molecule has 0 spiro atoms. The molecular weight excluding hydrogens is 236 g/mol. The van der Waals surface area contributed by atoms with E-state index in [9.17, 15) is 9.59 Å². The van der Waals surface area contributed by atoms with Crippen molar-refractivity contribution < 1.29 is 9.59 Å². The standard InChI is InChI=1S/C10H12O2.HN3.N3/c1-5-6(2)10(12)8(4)7(3)9(5)11;2*1-3-2/h1-4H3;1H;/q;;-1. The second-order valence-corrected chi connectivity index (χ2v) is 3.35. The van der Waals surface area contributed by atoms with Gasteiger partial charge in [0, 0.05) is 22.3 Å². The Hall–Kier alpha value is -2.56. The van der Waals surface area contributed by atoms with Crippen molar-refractivity contribution in [2.24, 2.45) is 0 Å². The molecule has 0 bridgehead atoms. The van der Waals surface area contributed by atoms with Gasteiger partial charge in [-0.3, -0.25) is 14.5 Å². The molecule has 0 saturated carbocycles. The monoisotopic (exact) mass is 249 g/mol. The number of nitrogens with one attached hydrogen (secondary N) is 1. The number of carbonyl (C=O) groups excluding carboxylic acids is 2. The van der Waals surface area contributed by atoms with Gasteiger partial charge in [-0.05, 0) is 38.1 Å². The highest BCUT2D eigenvalue weighted by atomic mass is 16.1. The van der Waals surface area contributed by atoms with E-state index in [1.807, 2.05) is 0 Å². The van der Waals surface area contributed by atoms with E-state index in [0.717, 1.165) is 0 Å². The van der Waals surface area contributed by atoms with Crippen LogP contribution in [0.25, 0.3) is 26.4 Å². The van der Waals surface area contributed by atoms with E-state index in [1.54, 1.807) is 32.6 Å². The summed E-state index contributed by atoms with van der Waals surface area (Å²) < 4.78 is 0. The van der Waals surface area contributed by atoms with Crippen LogP contribution in [0.3, 0.4) is 0 Å². The third-order valence-electron chi connectivity index (χ3n) is 2.49. The summed E-state index contributed by atoms with van der Waals surface area (Å²) in [5, 5.41) is 0. The fourth-order valence-electron chi connectivity index (χ4n) is 1.24. The van der Waals surface area contributed by atoms with Crippen LogP contribution in [-0.2, 0) is 9.59 Å². The molecule has 0 unspecified atom stereocenters. The molecule has 8 heteroatoms. The molecule has 0 fully saturated rings. The van der Waals surface area contributed by atoms with Crippen molar-refractivity contribution >= 4 is 11.6 Å². The van der Waals surface area contributed by atoms with Crippen LogP contribution in [0.15, 0.2) is 22.3 Å². The normalized spacial score (nSPS) is 13.8. The number of carbonyl (C=O) groups is 2. The molecule has 18 heavy (non-hydrogen) atoms. The van der Waals surface area contributed by atoms with Crippen LogP contribution in [0.2, 0.25) is 0 Å². The molecule has 0 saturated heterocycles. The van der Waals surface area contributed by atoms with Gasteiger partial charge in [0.15, 0.2) is 11.6 Å². The highest BCUT2D eigenvalue weighted by molar-refractivity contribution is 6.24. The molecule has 0 aromatic heterocycles. The third kappa shape index (κ3) is 4.52. The molecular formula is C10H13N6O2-. The van der Waals surface area contributed by atoms with Gasteiger partial charge in [0.2, 0.25) is 0 Å². The number of nitrogens with zero attached hydrogens (tertiary/aromatic N) is 5. The lowest BCUT2D eigenvalue weighted by Gasteiger charge is -2.15. The first kappa shape index (κ1) is 17.8. The Balaban J connectivity index is 0. The fraction of sp³-hybridized carbons (Fsp3) is 0.400. The number of ketones is 2. The molecule has 1 N–H and O–H groups in total. The van der Waals surface area contributed by atoms with Crippen LogP contribution in [0, 0.1) is 5.53 Å². The van der Waals surface area contributed by atoms with Gasteiger partial charge < -0.3 is 11.1 Å². The fourth-order valence-corrected chi connectivity index (χ4v) is 1.24. The predicted octanol–water partition coefficient (Wildman–Crippen LogP) is 3.55. The van der Waals surface area contributed by atoms with Gasteiger partial charge in [-0.2, -0.15) is 0 Å². The Labute approximate surface area is 104 Å². The highest BCUT2D eigenvalue weighted by Gasteiger charge is 2.24. The van der Waals surface area contributed by atoms with Gasteiger partial charge in [-0.25, -0.2) is 0 Å². The van der Waals surface area contributed by atoms with Gasteiger partial charge in [-0.15, -0.1) is 5.53 Å². The van der Waals surface area contributed by atoms with Crippen molar-refractivity contribution in [2.45, 2.75) is 27.7 Å². The molecule has 0 atom stereocenters. The van der Waals surface area contributed by atoms with Crippen LogP contribution in [0.5, 0.6) is 0 Å². The van der Waals surface area contributed by atoms with E-state index in [1.165, 1.54) is 4.91 Å². The van der Waals surface area contributed by atoms with E-state index in [-0.39, 0.29) is 11.6 Å². The van der Waals surface area contributed by atoms with Gasteiger partial charge in [0.05, 0.1) is 0 Å².